The maximum atomic E-state index is 9.00. The minimum Gasteiger partial charge on any atom is -0.366 e. The minimum absolute atomic E-state index is 0.502. The van der Waals surface area contributed by atoms with E-state index in [-0.39, 0.29) is 0 Å². The summed E-state index contributed by atoms with van der Waals surface area (Å²) in [5.41, 5.74) is 4.72. The molecule has 124 valence electrons. The molecule has 5 nitrogen and oxygen atoms in total. The number of anilines is 3. The van der Waals surface area contributed by atoms with Gasteiger partial charge in [-0.3, -0.25) is 0 Å². The number of rotatable bonds is 5. The van der Waals surface area contributed by atoms with E-state index in [0.717, 1.165) is 17.2 Å². The van der Waals surface area contributed by atoms with Crippen LogP contribution in [0.4, 0.5) is 17.5 Å². The summed E-state index contributed by atoms with van der Waals surface area (Å²) < 4.78 is 0. The number of aryl methyl sites for hydroxylation is 2. The van der Waals surface area contributed by atoms with Crippen molar-refractivity contribution in [1.29, 1.82) is 5.26 Å². The van der Waals surface area contributed by atoms with Crippen molar-refractivity contribution in [2.24, 2.45) is 0 Å². The first kappa shape index (κ1) is 16.5. The van der Waals surface area contributed by atoms with Gasteiger partial charge in [-0.1, -0.05) is 30.3 Å². The molecule has 0 unspecified atom stereocenters. The van der Waals surface area contributed by atoms with E-state index < -0.39 is 0 Å². The summed E-state index contributed by atoms with van der Waals surface area (Å²) in [7, 11) is 0. The van der Waals surface area contributed by atoms with E-state index in [1.807, 2.05) is 37.3 Å². The van der Waals surface area contributed by atoms with Gasteiger partial charge in [0.1, 0.15) is 5.82 Å². The molecule has 0 saturated heterocycles. The largest absolute Gasteiger partial charge is 0.366 e. The van der Waals surface area contributed by atoms with Gasteiger partial charge in [-0.25, -0.2) is 4.98 Å². The molecule has 2 aromatic carbocycles. The van der Waals surface area contributed by atoms with Crippen LogP contribution in [-0.2, 0) is 6.54 Å². The van der Waals surface area contributed by atoms with Gasteiger partial charge in [0, 0.05) is 24.0 Å². The predicted molar refractivity (Wildman–Crippen MR) is 99.7 cm³/mol. The highest BCUT2D eigenvalue weighted by Crippen LogP contribution is 2.18. The first-order chi connectivity index (χ1) is 12.1. The number of benzene rings is 2. The third kappa shape index (κ3) is 4.33. The summed E-state index contributed by atoms with van der Waals surface area (Å²) in [4.78, 5) is 8.92. The van der Waals surface area contributed by atoms with Crippen molar-refractivity contribution in [3.63, 3.8) is 0 Å². The Hall–Kier alpha value is -3.39. The number of hydrogen-bond donors (Lipinski definition) is 2. The fourth-order valence-corrected chi connectivity index (χ4v) is 2.50. The van der Waals surface area contributed by atoms with Crippen molar-refractivity contribution in [3.05, 3.63) is 77.0 Å². The second kappa shape index (κ2) is 7.45. The summed E-state index contributed by atoms with van der Waals surface area (Å²) in [6, 6.07) is 19.5. The Kier molecular flexibility index (Phi) is 4.91. The molecule has 2 N–H and O–H groups in total. The smallest absolute Gasteiger partial charge is 0.229 e. The molecule has 25 heavy (non-hydrogen) atoms. The van der Waals surface area contributed by atoms with Crippen LogP contribution in [0.2, 0.25) is 0 Å². The predicted octanol–water partition coefficient (Wildman–Crippen LogP) is 4.32. The fourth-order valence-electron chi connectivity index (χ4n) is 2.50. The molecular formula is C20H19N5. The second-order valence-corrected chi connectivity index (χ2v) is 5.82. The topological polar surface area (TPSA) is 73.6 Å². The highest BCUT2D eigenvalue weighted by Gasteiger charge is 2.04. The molecule has 0 fully saturated rings. The molecule has 0 bridgehead atoms. The molecule has 1 heterocycles. The molecule has 5 heteroatoms. The van der Waals surface area contributed by atoms with Crippen LogP contribution in [-0.4, -0.2) is 9.97 Å². The van der Waals surface area contributed by atoms with Crippen LogP contribution >= 0.6 is 0 Å². The highest BCUT2D eigenvalue weighted by molar-refractivity contribution is 5.57. The third-order valence-electron chi connectivity index (χ3n) is 3.82. The van der Waals surface area contributed by atoms with E-state index >= 15 is 0 Å². The van der Waals surface area contributed by atoms with E-state index in [4.69, 9.17) is 5.26 Å². The van der Waals surface area contributed by atoms with Gasteiger partial charge in [-0.05, 0) is 43.2 Å². The van der Waals surface area contributed by atoms with E-state index in [9.17, 15) is 0 Å². The molecule has 3 rings (SSSR count). The van der Waals surface area contributed by atoms with Gasteiger partial charge in [-0.2, -0.15) is 10.2 Å². The van der Waals surface area contributed by atoms with Crippen LogP contribution in [0.1, 0.15) is 22.4 Å². The maximum absolute atomic E-state index is 9.00. The monoisotopic (exact) mass is 329 g/mol. The van der Waals surface area contributed by atoms with Crippen LogP contribution in [0.3, 0.4) is 0 Å². The zero-order valence-corrected chi connectivity index (χ0v) is 14.2. The van der Waals surface area contributed by atoms with E-state index in [2.05, 4.69) is 45.7 Å². The van der Waals surface area contributed by atoms with Gasteiger partial charge >= 0.3 is 0 Å². The van der Waals surface area contributed by atoms with Gasteiger partial charge in [0.05, 0.1) is 11.6 Å². The molecular weight excluding hydrogens is 310 g/mol. The summed E-state index contributed by atoms with van der Waals surface area (Å²) >= 11 is 0. The van der Waals surface area contributed by atoms with Crippen LogP contribution in [0.15, 0.2) is 54.6 Å². The molecule has 1 aromatic heterocycles. The summed E-state index contributed by atoms with van der Waals surface area (Å²) in [5.74, 6) is 1.26. The van der Waals surface area contributed by atoms with E-state index in [0.29, 0.717) is 18.1 Å². The number of aromatic nitrogens is 2. The van der Waals surface area contributed by atoms with Crippen molar-refractivity contribution in [2.45, 2.75) is 20.4 Å². The van der Waals surface area contributed by atoms with Crippen molar-refractivity contribution in [3.8, 4) is 6.07 Å². The molecule has 0 aliphatic heterocycles. The lowest BCUT2D eigenvalue weighted by Gasteiger charge is -2.11. The van der Waals surface area contributed by atoms with Crippen molar-refractivity contribution < 1.29 is 0 Å². The van der Waals surface area contributed by atoms with Gasteiger partial charge in [0.15, 0.2) is 0 Å². The first-order valence-corrected chi connectivity index (χ1v) is 8.05. The lowest BCUT2D eigenvalue weighted by Crippen LogP contribution is -2.06. The van der Waals surface area contributed by atoms with Crippen LogP contribution in [0, 0.1) is 25.2 Å². The quantitative estimate of drug-likeness (QED) is 0.729. The Morgan fingerprint density at radius 2 is 1.84 bits per heavy atom. The van der Waals surface area contributed by atoms with Crippen molar-refractivity contribution in [2.75, 3.05) is 10.6 Å². The molecule has 3 aromatic rings. The average Bonchev–Trinajstić information content (AvgIpc) is 2.61. The second-order valence-electron chi connectivity index (χ2n) is 5.82. The molecule has 0 amide bonds. The Morgan fingerprint density at radius 3 is 2.64 bits per heavy atom. The van der Waals surface area contributed by atoms with Gasteiger partial charge in [0.25, 0.3) is 0 Å². The molecule has 0 saturated carbocycles. The zero-order chi connectivity index (χ0) is 17.6. The maximum Gasteiger partial charge on any atom is 0.229 e. The number of hydrogen-bond acceptors (Lipinski definition) is 5. The van der Waals surface area contributed by atoms with Crippen molar-refractivity contribution >= 4 is 17.5 Å². The lowest BCUT2D eigenvalue weighted by molar-refractivity contribution is 1.05. The van der Waals surface area contributed by atoms with Gasteiger partial charge < -0.3 is 10.6 Å². The average molecular weight is 329 g/mol. The van der Waals surface area contributed by atoms with Crippen LogP contribution in [0.25, 0.3) is 0 Å². The Bertz CT molecular complexity index is 927. The lowest BCUT2D eigenvalue weighted by atomic mass is 10.1. The minimum atomic E-state index is 0.502. The Balaban J connectivity index is 1.76. The first-order valence-electron chi connectivity index (χ1n) is 8.05. The summed E-state index contributed by atoms with van der Waals surface area (Å²) in [6.45, 7) is 4.72. The standard InChI is InChI=1S/C20H19N5/c1-14-6-3-4-8-17(14)13-22-19-10-15(2)23-20(25-19)24-18-9-5-7-16(11-18)12-21/h3-11H,13H2,1-2H3,(H2,22,23,24,25). The third-order valence-corrected chi connectivity index (χ3v) is 3.82. The zero-order valence-electron chi connectivity index (χ0n) is 14.2. The highest BCUT2D eigenvalue weighted by atomic mass is 15.1. The van der Waals surface area contributed by atoms with Gasteiger partial charge in [-0.15, -0.1) is 0 Å². The van der Waals surface area contributed by atoms with Crippen molar-refractivity contribution in [1.82, 2.24) is 9.97 Å². The van der Waals surface area contributed by atoms with Crippen LogP contribution in [0.5, 0.6) is 0 Å². The SMILES string of the molecule is Cc1cc(NCc2ccccc2C)nc(Nc2cccc(C#N)c2)n1. The van der Waals surface area contributed by atoms with E-state index in [1.165, 1.54) is 11.1 Å². The molecule has 0 spiro atoms. The van der Waals surface area contributed by atoms with E-state index in [1.54, 1.807) is 12.1 Å². The molecule has 0 aliphatic carbocycles. The number of nitriles is 1. The molecule has 0 atom stereocenters. The number of nitrogens with zero attached hydrogens (tertiary/aromatic N) is 3. The summed E-state index contributed by atoms with van der Waals surface area (Å²) in [6.07, 6.45) is 0. The fraction of sp³-hybridized carbons (Fsp3) is 0.150. The Morgan fingerprint density at radius 1 is 1.00 bits per heavy atom. The summed E-state index contributed by atoms with van der Waals surface area (Å²) in [5, 5.41) is 15.5. The molecule has 0 radical (unpaired) electrons. The van der Waals surface area contributed by atoms with Crippen LogP contribution < -0.4 is 10.6 Å². The van der Waals surface area contributed by atoms with Gasteiger partial charge in [0.2, 0.25) is 5.95 Å². The molecule has 0 aliphatic rings. The Labute approximate surface area is 147 Å². The normalized spacial score (nSPS) is 10.1. The number of nitrogens with one attached hydrogen (secondary N) is 2.